The largest absolute Gasteiger partial charge is 0.464 e. The molecule has 3 nitrogen and oxygen atoms in total. The summed E-state index contributed by atoms with van der Waals surface area (Å²) in [5, 5.41) is 3.14. The molecule has 4 heteroatoms. The minimum absolute atomic E-state index is 0.0799. The van der Waals surface area contributed by atoms with Gasteiger partial charge in [0, 0.05) is 18.7 Å². The summed E-state index contributed by atoms with van der Waals surface area (Å²) < 4.78 is 23.8. The van der Waals surface area contributed by atoms with E-state index in [1.807, 2.05) is 19.9 Å². The van der Waals surface area contributed by atoms with Crippen molar-refractivity contribution in [3.05, 3.63) is 29.6 Å². The second-order valence-corrected chi connectivity index (χ2v) is 3.26. The summed E-state index contributed by atoms with van der Waals surface area (Å²) >= 11 is 0. The molecule has 0 aliphatic rings. The summed E-state index contributed by atoms with van der Waals surface area (Å²) in [5.41, 5.74) is 0.807. The fraction of sp³-hybridized carbons (Fsp3) is 0.500. The van der Waals surface area contributed by atoms with Gasteiger partial charge in [0.1, 0.15) is 0 Å². The Kier molecular flexibility index (Phi) is 5.82. The van der Waals surface area contributed by atoms with Crippen molar-refractivity contribution >= 4 is 0 Å². The van der Waals surface area contributed by atoms with Crippen molar-refractivity contribution in [2.24, 2.45) is 0 Å². The molecule has 1 aromatic carbocycles. The fourth-order valence-electron chi connectivity index (χ4n) is 1.30. The molecule has 0 aliphatic heterocycles. The van der Waals surface area contributed by atoms with Crippen LogP contribution in [0.3, 0.4) is 0 Å². The summed E-state index contributed by atoms with van der Waals surface area (Å²) in [5.74, 6) is -0.0768. The van der Waals surface area contributed by atoms with E-state index in [1.54, 1.807) is 6.07 Å². The van der Waals surface area contributed by atoms with Crippen LogP contribution < -0.4 is 10.1 Å². The van der Waals surface area contributed by atoms with Crippen LogP contribution in [-0.2, 0) is 11.3 Å². The zero-order chi connectivity index (χ0) is 11.8. The van der Waals surface area contributed by atoms with Gasteiger partial charge in [-0.25, -0.2) is 4.39 Å². The third-order valence-electron chi connectivity index (χ3n) is 2.10. The first-order valence-electron chi connectivity index (χ1n) is 5.48. The monoisotopic (exact) mass is 227 g/mol. The van der Waals surface area contributed by atoms with Gasteiger partial charge in [-0.15, -0.1) is 0 Å². The summed E-state index contributed by atoms with van der Waals surface area (Å²) in [6.07, 6.45) is 0. The zero-order valence-corrected chi connectivity index (χ0v) is 9.75. The number of benzene rings is 1. The van der Waals surface area contributed by atoms with Crippen LogP contribution in [0.2, 0.25) is 0 Å². The maximum atomic E-state index is 13.5. The van der Waals surface area contributed by atoms with Crippen LogP contribution in [0.1, 0.15) is 19.4 Å². The Hall–Kier alpha value is -1.13. The second kappa shape index (κ2) is 7.19. The smallest absolute Gasteiger partial charge is 0.189 e. The average molecular weight is 227 g/mol. The van der Waals surface area contributed by atoms with E-state index in [4.69, 9.17) is 9.47 Å². The molecule has 0 aliphatic carbocycles. The lowest BCUT2D eigenvalue weighted by atomic mass is 10.2. The number of hydrogen-bond donors (Lipinski definition) is 1. The topological polar surface area (TPSA) is 30.5 Å². The number of nitrogens with one attached hydrogen (secondary N) is 1. The molecule has 0 heterocycles. The van der Waals surface area contributed by atoms with Crippen molar-refractivity contribution in [1.29, 1.82) is 0 Å². The van der Waals surface area contributed by atoms with Crippen molar-refractivity contribution < 1.29 is 13.9 Å². The zero-order valence-electron chi connectivity index (χ0n) is 9.75. The van der Waals surface area contributed by atoms with Gasteiger partial charge >= 0.3 is 0 Å². The average Bonchev–Trinajstić information content (AvgIpc) is 2.29. The minimum Gasteiger partial charge on any atom is -0.464 e. The summed E-state index contributed by atoms with van der Waals surface area (Å²) in [7, 11) is 0. The molecule has 1 N–H and O–H groups in total. The van der Waals surface area contributed by atoms with Gasteiger partial charge in [0.25, 0.3) is 0 Å². The summed E-state index contributed by atoms with van der Waals surface area (Å²) in [4.78, 5) is 0. The number of rotatable bonds is 7. The number of ether oxygens (including phenoxy) is 2. The van der Waals surface area contributed by atoms with E-state index in [0.717, 1.165) is 12.1 Å². The normalized spacial score (nSPS) is 10.4. The lowest BCUT2D eigenvalue weighted by Crippen LogP contribution is -2.14. The van der Waals surface area contributed by atoms with Crippen molar-refractivity contribution in [2.75, 3.05) is 19.9 Å². The Balaban J connectivity index is 2.69. The Morgan fingerprint density at radius 3 is 2.81 bits per heavy atom. The van der Waals surface area contributed by atoms with Crippen molar-refractivity contribution in [1.82, 2.24) is 5.32 Å². The molecule has 0 fully saturated rings. The Bertz CT molecular complexity index is 318. The Labute approximate surface area is 95.6 Å². The van der Waals surface area contributed by atoms with Crippen LogP contribution in [-0.4, -0.2) is 19.9 Å². The van der Waals surface area contributed by atoms with Crippen molar-refractivity contribution in [3.8, 4) is 5.75 Å². The van der Waals surface area contributed by atoms with Gasteiger partial charge < -0.3 is 14.8 Å². The van der Waals surface area contributed by atoms with E-state index in [-0.39, 0.29) is 18.4 Å². The first-order chi connectivity index (χ1) is 7.79. The van der Waals surface area contributed by atoms with Crippen LogP contribution in [0.4, 0.5) is 4.39 Å². The third-order valence-corrected chi connectivity index (χ3v) is 2.10. The fourth-order valence-corrected chi connectivity index (χ4v) is 1.30. The van der Waals surface area contributed by atoms with Crippen LogP contribution in [0.25, 0.3) is 0 Å². The van der Waals surface area contributed by atoms with Gasteiger partial charge in [0.2, 0.25) is 0 Å². The van der Waals surface area contributed by atoms with E-state index >= 15 is 0 Å². The van der Waals surface area contributed by atoms with Gasteiger partial charge in [0.15, 0.2) is 18.4 Å². The van der Waals surface area contributed by atoms with E-state index in [1.165, 1.54) is 6.07 Å². The van der Waals surface area contributed by atoms with Gasteiger partial charge in [-0.2, -0.15) is 0 Å². The summed E-state index contributed by atoms with van der Waals surface area (Å²) in [6.45, 7) is 5.93. The maximum Gasteiger partial charge on any atom is 0.189 e. The highest BCUT2D eigenvalue weighted by Crippen LogP contribution is 2.22. The van der Waals surface area contributed by atoms with E-state index in [9.17, 15) is 4.39 Å². The van der Waals surface area contributed by atoms with E-state index in [2.05, 4.69) is 5.32 Å². The molecule has 0 unspecified atom stereocenters. The molecule has 0 bridgehead atoms. The molecule has 0 spiro atoms. The molecule has 1 aromatic rings. The molecule has 1 rings (SSSR count). The molecule has 0 saturated carbocycles. The van der Waals surface area contributed by atoms with Crippen LogP contribution in [0.15, 0.2) is 18.2 Å². The van der Waals surface area contributed by atoms with Crippen LogP contribution in [0, 0.1) is 5.82 Å². The number of halogens is 1. The van der Waals surface area contributed by atoms with E-state index in [0.29, 0.717) is 13.2 Å². The first kappa shape index (κ1) is 12.9. The van der Waals surface area contributed by atoms with Crippen molar-refractivity contribution in [2.45, 2.75) is 20.4 Å². The second-order valence-electron chi connectivity index (χ2n) is 3.26. The first-order valence-corrected chi connectivity index (χ1v) is 5.48. The lowest BCUT2D eigenvalue weighted by Gasteiger charge is -2.12. The Morgan fingerprint density at radius 2 is 2.12 bits per heavy atom. The molecular formula is C12H18FNO2. The van der Waals surface area contributed by atoms with Gasteiger partial charge in [0.05, 0.1) is 0 Å². The van der Waals surface area contributed by atoms with Gasteiger partial charge in [-0.1, -0.05) is 19.1 Å². The highest BCUT2D eigenvalue weighted by Gasteiger charge is 2.08. The predicted molar refractivity (Wildman–Crippen MR) is 60.9 cm³/mol. The molecule has 16 heavy (non-hydrogen) atoms. The molecule has 0 atom stereocenters. The maximum absolute atomic E-state index is 13.5. The molecule has 90 valence electrons. The van der Waals surface area contributed by atoms with Gasteiger partial charge in [-0.05, 0) is 19.5 Å². The highest BCUT2D eigenvalue weighted by atomic mass is 19.1. The lowest BCUT2D eigenvalue weighted by molar-refractivity contribution is 0.0194. The Morgan fingerprint density at radius 1 is 1.31 bits per heavy atom. The molecular weight excluding hydrogens is 209 g/mol. The number of para-hydroxylation sites is 1. The number of hydrogen-bond acceptors (Lipinski definition) is 3. The molecule has 0 saturated heterocycles. The van der Waals surface area contributed by atoms with Gasteiger partial charge in [-0.3, -0.25) is 0 Å². The van der Waals surface area contributed by atoms with Crippen LogP contribution >= 0.6 is 0 Å². The SMILES string of the molecule is CCNCc1cccc(F)c1OCOCC. The molecule has 0 amide bonds. The van der Waals surface area contributed by atoms with E-state index < -0.39 is 0 Å². The third kappa shape index (κ3) is 3.79. The van der Waals surface area contributed by atoms with Crippen LogP contribution in [0.5, 0.6) is 5.75 Å². The predicted octanol–water partition coefficient (Wildman–Crippen LogP) is 2.31. The van der Waals surface area contributed by atoms with Crippen molar-refractivity contribution in [3.63, 3.8) is 0 Å². The summed E-state index contributed by atoms with van der Waals surface area (Å²) in [6, 6.07) is 4.90. The standard InChI is InChI=1S/C12H18FNO2/c1-3-14-8-10-6-5-7-11(13)12(10)16-9-15-4-2/h5-7,14H,3-4,8-9H2,1-2H3. The minimum atomic E-state index is -0.352. The highest BCUT2D eigenvalue weighted by molar-refractivity contribution is 5.34. The molecule has 0 aromatic heterocycles. The molecule has 0 radical (unpaired) electrons. The quantitative estimate of drug-likeness (QED) is 0.572.